The number of nitrogens with zero attached hydrogens (tertiary/aromatic N) is 2. The summed E-state index contributed by atoms with van der Waals surface area (Å²) in [5.74, 6) is -0.568. The molecule has 0 amide bonds. The van der Waals surface area contributed by atoms with Crippen molar-refractivity contribution in [2.45, 2.75) is 27.3 Å². The van der Waals surface area contributed by atoms with Crippen LogP contribution in [0, 0.1) is 18.7 Å². The fourth-order valence-electron chi connectivity index (χ4n) is 3.10. The summed E-state index contributed by atoms with van der Waals surface area (Å²) in [5.41, 5.74) is 3.40. The first-order valence-corrected chi connectivity index (χ1v) is 8.73. The van der Waals surface area contributed by atoms with Gasteiger partial charge >= 0.3 is 5.97 Å². The molecule has 1 aromatic carbocycles. The van der Waals surface area contributed by atoms with Gasteiger partial charge in [0.25, 0.3) is 0 Å². The topological polar surface area (TPSA) is 44.1 Å². The molecule has 3 aromatic rings. The van der Waals surface area contributed by atoms with Gasteiger partial charge in [0.15, 0.2) is 5.69 Å². The zero-order valence-electron chi connectivity index (χ0n) is 15.1. The van der Waals surface area contributed by atoms with Crippen LogP contribution in [-0.2, 0) is 11.3 Å². The molecule has 4 nitrogen and oxygen atoms in total. The van der Waals surface area contributed by atoms with Gasteiger partial charge in [0.05, 0.1) is 12.1 Å². The van der Waals surface area contributed by atoms with E-state index < -0.39 is 11.8 Å². The number of halogens is 2. The van der Waals surface area contributed by atoms with Gasteiger partial charge in [0, 0.05) is 23.7 Å². The summed E-state index contributed by atoms with van der Waals surface area (Å²) in [6, 6.07) is 6.45. The van der Waals surface area contributed by atoms with Crippen molar-refractivity contribution in [2.75, 3.05) is 7.11 Å². The van der Waals surface area contributed by atoms with Gasteiger partial charge in [-0.1, -0.05) is 31.5 Å². The largest absolute Gasteiger partial charge is 0.464 e. The molecule has 0 N–H and O–H groups in total. The number of hydrogen-bond donors (Lipinski definition) is 0. The average Bonchev–Trinajstić information content (AvgIpc) is 2.95. The van der Waals surface area contributed by atoms with Crippen molar-refractivity contribution in [3.63, 3.8) is 0 Å². The molecule has 0 unspecified atom stereocenters. The maximum absolute atomic E-state index is 14.0. The third-order valence-corrected chi connectivity index (χ3v) is 4.52. The van der Waals surface area contributed by atoms with Gasteiger partial charge in [0.1, 0.15) is 11.5 Å². The fourth-order valence-corrected chi connectivity index (χ4v) is 3.22. The lowest BCUT2D eigenvalue weighted by Gasteiger charge is -2.09. The summed E-state index contributed by atoms with van der Waals surface area (Å²) < 4.78 is 20.8. The highest BCUT2D eigenvalue weighted by molar-refractivity contribution is 6.30. The Hall–Kier alpha value is -2.40. The summed E-state index contributed by atoms with van der Waals surface area (Å²) in [4.78, 5) is 16.5. The Morgan fingerprint density at radius 1 is 1.35 bits per heavy atom. The number of ether oxygens (including phenoxy) is 1. The van der Waals surface area contributed by atoms with Crippen LogP contribution in [0.4, 0.5) is 4.39 Å². The molecule has 0 aliphatic rings. The molecular formula is C20H20ClFN2O2. The van der Waals surface area contributed by atoms with Crippen molar-refractivity contribution in [3.05, 3.63) is 52.6 Å². The van der Waals surface area contributed by atoms with Crippen molar-refractivity contribution >= 4 is 28.6 Å². The molecule has 2 heterocycles. The van der Waals surface area contributed by atoms with Crippen LogP contribution in [0.2, 0.25) is 5.02 Å². The summed E-state index contributed by atoms with van der Waals surface area (Å²) in [6.45, 7) is 6.84. The second-order valence-electron chi connectivity index (χ2n) is 6.73. The van der Waals surface area contributed by atoms with Crippen LogP contribution in [0.5, 0.6) is 0 Å². The zero-order valence-corrected chi connectivity index (χ0v) is 15.9. The van der Waals surface area contributed by atoms with E-state index in [4.69, 9.17) is 16.3 Å². The van der Waals surface area contributed by atoms with Crippen molar-refractivity contribution in [1.82, 2.24) is 9.55 Å². The van der Waals surface area contributed by atoms with Crippen molar-refractivity contribution in [2.24, 2.45) is 5.92 Å². The molecule has 0 atom stereocenters. The minimum Gasteiger partial charge on any atom is -0.464 e. The van der Waals surface area contributed by atoms with Crippen LogP contribution in [0.25, 0.3) is 22.2 Å². The Kier molecular flexibility index (Phi) is 5.01. The van der Waals surface area contributed by atoms with E-state index in [0.717, 1.165) is 28.6 Å². The number of esters is 1. The minimum atomic E-state index is -0.480. The number of carbonyl (C=O) groups is 1. The third-order valence-electron chi connectivity index (χ3n) is 4.21. The fraction of sp³-hybridized carbons (Fsp3) is 0.300. The maximum Gasteiger partial charge on any atom is 0.356 e. The van der Waals surface area contributed by atoms with Crippen molar-refractivity contribution in [3.8, 4) is 11.1 Å². The highest BCUT2D eigenvalue weighted by Gasteiger charge is 2.19. The smallest absolute Gasteiger partial charge is 0.356 e. The van der Waals surface area contributed by atoms with E-state index in [-0.39, 0.29) is 10.7 Å². The van der Waals surface area contributed by atoms with Gasteiger partial charge in [0.2, 0.25) is 0 Å². The number of fused-ring (bicyclic) bond motifs is 1. The van der Waals surface area contributed by atoms with Crippen LogP contribution in [0.3, 0.4) is 0 Å². The van der Waals surface area contributed by atoms with Crippen LogP contribution in [-0.4, -0.2) is 22.6 Å². The molecule has 6 heteroatoms. The first-order valence-electron chi connectivity index (χ1n) is 8.36. The number of benzene rings is 1. The lowest BCUT2D eigenvalue weighted by Crippen LogP contribution is -2.08. The second kappa shape index (κ2) is 7.08. The summed E-state index contributed by atoms with van der Waals surface area (Å²) in [6.07, 6.45) is 1.95. The molecule has 0 aliphatic heterocycles. The van der Waals surface area contributed by atoms with E-state index in [9.17, 15) is 9.18 Å². The monoisotopic (exact) mass is 374 g/mol. The lowest BCUT2D eigenvalue weighted by atomic mass is 10.0. The Balaban J connectivity index is 2.29. The number of pyridine rings is 1. The molecule has 136 valence electrons. The molecule has 0 bridgehead atoms. The summed E-state index contributed by atoms with van der Waals surface area (Å²) in [7, 11) is 1.33. The van der Waals surface area contributed by atoms with Gasteiger partial charge in [-0.25, -0.2) is 14.2 Å². The van der Waals surface area contributed by atoms with Gasteiger partial charge in [-0.15, -0.1) is 0 Å². The maximum atomic E-state index is 14.0. The molecule has 2 aromatic heterocycles. The zero-order chi connectivity index (χ0) is 19.0. The number of aryl methyl sites for hydroxylation is 1. The molecule has 0 fully saturated rings. The Morgan fingerprint density at radius 3 is 2.69 bits per heavy atom. The highest BCUT2D eigenvalue weighted by Crippen LogP contribution is 2.34. The van der Waals surface area contributed by atoms with E-state index in [2.05, 4.69) is 18.8 Å². The molecule has 3 rings (SSSR count). The first-order chi connectivity index (χ1) is 12.3. The molecule has 0 saturated heterocycles. The third kappa shape index (κ3) is 3.31. The molecule has 26 heavy (non-hydrogen) atoms. The van der Waals surface area contributed by atoms with Crippen LogP contribution in [0.15, 0.2) is 30.5 Å². The first kappa shape index (κ1) is 18.4. The molecule has 0 saturated carbocycles. The van der Waals surface area contributed by atoms with Gasteiger partial charge in [-0.3, -0.25) is 0 Å². The van der Waals surface area contributed by atoms with Gasteiger partial charge < -0.3 is 9.30 Å². The van der Waals surface area contributed by atoms with E-state index in [0.29, 0.717) is 11.6 Å². The van der Waals surface area contributed by atoms with Gasteiger partial charge in [-0.05, 0) is 42.2 Å². The predicted octanol–water partition coefficient (Wildman–Crippen LogP) is 5.25. The Bertz CT molecular complexity index is 995. The SMILES string of the molecule is COC(=O)c1cc(C)c2c(-c3ccc(Cl)c(F)c3)cn(CC(C)C)c2n1. The van der Waals surface area contributed by atoms with Crippen LogP contribution >= 0.6 is 11.6 Å². The van der Waals surface area contributed by atoms with E-state index in [1.807, 2.05) is 17.7 Å². The normalized spacial score (nSPS) is 11.3. The van der Waals surface area contributed by atoms with E-state index in [1.165, 1.54) is 13.2 Å². The molecule has 0 radical (unpaired) electrons. The number of carbonyl (C=O) groups excluding carboxylic acids is 1. The number of rotatable bonds is 4. The van der Waals surface area contributed by atoms with Gasteiger partial charge in [-0.2, -0.15) is 0 Å². The van der Waals surface area contributed by atoms with E-state index in [1.54, 1.807) is 18.2 Å². The average molecular weight is 375 g/mol. The number of hydrogen-bond acceptors (Lipinski definition) is 3. The Labute approximate surface area is 156 Å². The predicted molar refractivity (Wildman–Crippen MR) is 101 cm³/mol. The van der Waals surface area contributed by atoms with Crippen LogP contribution in [0.1, 0.15) is 29.9 Å². The van der Waals surface area contributed by atoms with E-state index >= 15 is 0 Å². The van der Waals surface area contributed by atoms with Crippen molar-refractivity contribution < 1.29 is 13.9 Å². The van der Waals surface area contributed by atoms with Crippen molar-refractivity contribution in [1.29, 1.82) is 0 Å². The van der Waals surface area contributed by atoms with Crippen LogP contribution < -0.4 is 0 Å². The second-order valence-corrected chi connectivity index (χ2v) is 7.14. The number of methoxy groups -OCH3 is 1. The highest BCUT2D eigenvalue weighted by atomic mass is 35.5. The number of aromatic nitrogens is 2. The quantitative estimate of drug-likeness (QED) is 0.586. The summed E-state index contributed by atoms with van der Waals surface area (Å²) >= 11 is 5.82. The summed E-state index contributed by atoms with van der Waals surface area (Å²) in [5, 5.41) is 0.975. The minimum absolute atomic E-state index is 0.0856. The molecule has 0 aliphatic carbocycles. The lowest BCUT2D eigenvalue weighted by molar-refractivity contribution is 0.0594. The molecule has 0 spiro atoms. The Morgan fingerprint density at radius 2 is 2.08 bits per heavy atom. The molecular weight excluding hydrogens is 355 g/mol. The standard InChI is InChI=1S/C20H20ClFN2O2/c1-11(2)9-24-10-14(13-5-6-15(21)16(22)8-13)18-12(3)7-17(20(25)26-4)23-19(18)24/h5-8,10-11H,9H2,1-4H3.